The third-order valence-corrected chi connectivity index (χ3v) is 5.66. The van der Waals surface area contributed by atoms with E-state index in [0.29, 0.717) is 6.54 Å². The van der Waals surface area contributed by atoms with Crippen LogP contribution in [0.5, 0.6) is 5.75 Å². The maximum Gasteiger partial charge on any atom is 0.230 e. The van der Waals surface area contributed by atoms with Crippen molar-refractivity contribution < 1.29 is 14.3 Å². The zero-order chi connectivity index (χ0) is 21.8. The van der Waals surface area contributed by atoms with Crippen LogP contribution in [0.4, 0.5) is 5.69 Å². The number of hydrogen-bond acceptors (Lipinski definition) is 9. The number of aromatic nitrogens is 2. The van der Waals surface area contributed by atoms with E-state index in [1.54, 1.807) is 7.11 Å². The molecule has 9 nitrogen and oxygen atoms in total. The number of methoxy groups -OCH3 is 1. The first-order chi connectivity index (χ1) is 15.1. The minimum Gasteiger partial charge on any atom is -0.495 e. The number of carbonyl (C=O) groups is 2. The first-order valence-electron chi connectivity index (χ1n) is 10.3. The Morgan fingerprint density at radius 3 is 2.68 bits per heavy atom. The number of Topliss-reactive ketones (excluding diaryl/α,β-unsaturated/α-hetero) is 2. The predicted molar refractivity (Wildman–Crippen MR) is 116 cm³/mol. The van der Waals surface area contributed by atoms with Crippen molar-refractivity contribution in [3.05, 3.63) is 59.4 Å². The minimum atomic E-state index is -0.438. The highest BCUT2D eigenvalue weighted by atomic mass is 16.5. The zero-order valence-corrected chi connectivity index (χ0v) is 17.5. The van der Waals surface area contributed by atoms with Crippen LogP contribution in [0.15, 0.2) is 48.2 Å². The van der Waals surface area contributed by atoms with Gasteiger partial charge in [0.1, 0.15) is 29.2 Å². The van der Waals surface area contributed by atoms with Gasteiger partial charge in [0, 0.05) is 38.9 Å². The summed E-state index contributed by atoms with van der Waals surface area (Å²) in [5.74, 6) is 0.120. The Hall–Kier alpha value is -3.46. The molecule has 4 rings (SSSR count). The van der Waals surface area contributed by atoms with Crippen LogP contribution in [0.2, 0.25) is 0 Å². The van der Waals surface area contributed by atoms with Gasteiger partial charge in [0.25, 0.3) is 0 Å². The summed E-state index contributed by atoms with van der Waals surface area (Å²) in [6.07, 6.45) is 3.42. The summed E-state index contributed by atoms with van der Waals surface area (Å²) in [4.78, 5) is 37.5. The van der Waals surface area contributed by atoms with Crippen molar-refractivity contribution in [1.82, 2.24) is 20.2 Å². The Morgan fingerprint density at radius 2 is 1.90 bits per heavy atom. The number of nitrogens with one attached hydrogen (secondary N) is 1. The van der Waals surface area contributed by atoms with Crippen molar-refractivity contribution in [2.24, 2.45) is 5.73 Å². The highest BCUT2D eigenvalue weighted by Gasteiger charge is 2.32. The van der Waals surface area contributed by atoms with Crippen molar-refractivity contribution in [2.75, 3.05) is 51.3 Å². The number of ketones is 2. The van der Waals surface area contributed by atoms with E-state index >= 15 is 0 Å². The second-order valence-corrected chi connectivity index (χ2v) is 7.51. The van der Waals surface area contributed by atoms with Gasteiger partial charge in [-0.3, -0.25) is 14.5 Å². The number of rotatable bonds is 7. The van der Waals surface area contributed by atoms with Gasteiger partial charge >= 0.3 is 0 Å². The molecule has 1 fully saturated rings. The lowest BCUT2D eigenvalue weighted by Gasteiger charge is -2.36. The second kappa shape index (κ2) is 9.13. The van der Waals surface area contributed by atoms with Gasteiger partial charge in [-0.2, -0.15) is 0 Å². The molecule has 0 unspecified atom stereocenters. The summed E-state index contributed by atoms with van der Waals surface area (Å²) < 4.78 is 5.47. The summed E-state index contributed by atoms with van der Waals surface area (Å²) in [7, 11) is 1.69. The molecule has 9 heteroatoms. The lowest BCUT2D eigenvalue weighted by atomic mass is 9.96. The molecule has 162 valence electrons. The fourth-order valence-corrected chi connectivity index (χ4v) is 3.97. The number of hydrogen-bond donors (Lipinski definition) is 2. The summed E-state index contributed by atoms with van der Waals surface area (Å²) in [5, 5.41) is 3.06. The van der Waals surface area contributed by atoms with Crippen LogP contribution in [0.3, 0.4) is 0 Å². The smallest absolute Gasteiger partial charge is 0.230 e. The van der Waals surface area contributed by atoms with Gasteiger partial charge in [-0.25, -0.2) is 9.97 Å². The molecule has 3 N–H and O–H groups in total. The summed E-state index contributed by atoms with van der Waals surface area (Å²) in [6, 6.07) is 8.07. The van der Waals surface area contributed by atoms with Crippen molar-refractivity contribution in [3.8, 4) is 5.75 Å². The minimum absolute atomic E-state index is 0.0657. The van der Waals surface area contributed by atoms with E-state index in [4.69, 9.17) is 10.5 Å². The van der Waals surface area contributed by atoms with Crippen LogP contribution in [-0.2, 0) is 0 Å². The average Bonchev–Trinajstić information content (AvgIpc) is 2.82. The molecule has 0 saturated carbocycles. The van der Waals surface area contributed by atoms with Gasteiger partial charge in [0.05, 0.1) is 18.4 Å². The Balaban J connectivity index is 1.26. The van der Waals surface area contributed by atoms with Gasteiger partial charge in [-0.05, 0) is 25.1 Å². The number of fused-ring (bicyclic) bond motifs is 1. The molecule has 0 atom stereocenters. The van der Waals surface area contributed by atoms with E-state index in [1.165, 1.54) is 12.5 Å². The number of piperazine rings is 1. The Bertz CT molecular complexity index is 1010. The molecule has 0 spiro atoms. The highest BCUT2D eigenvalue weighted by Crippen LogP contribution is 2.28. The average molecular weight is 422 g/mol. The van der Waals surface area contributed by atoms with Crippen LogP contribution in [0.25, 0.3) is 0 Å². The lowest BCUT2D eigenvalue weighted by Crippen LogP contribution is -2.47. The monoisotopic (exact) mass is 422 g/mol. The van der Waals surface area contributed by atoms with Gasteiger partial charge in [-0.15, -0.1) is 0 Å². The van der Waals surface area contributed by atoms with Gasteiger partial charge in [-0.1, -0.05) is 12.1 Å². The molecular formula is C22H26N6O3. The molecule has 2 aromatic rings. The van der Waals surface area contributed by atoms with E-state index in [0.717, 1.165) is 50.6 Å². The fourth-order valence-electron chi connectivity index (χ4n) is 3.97. The van der Waals surface area contributed by atoms with E-state index < -0.39 is 5.78 Å². The second-order valence-electron chi connectivity index (χ2n) is 7.51. The summed E-state index contributed by atoms with van der Waals surface area (Å²) in [5.41, 5.74) is 7.35. The summed E-state index contributed by atoms with van der Waals surface area (Å²) >= 11 is 0. The molecule has 2 heterocycles. The van der Waals surface area contributed by atoms with Crippen LogP contribution in [-0.4, -0.2) is 72.8 Å². The molecule has 1 aliphatic carbocycles. The van der Waals surface area contributed by atoms with Crippen molar-refractivity contribution in [1.29, 1.82) is 0 Å². The number of allylic oxidation sites excluding steroid dienone is 2. The standard InChI is InChI=1S/C22H26N6O3/c1-31-17-6-3-2-5-16(17)28-11-9-27(10-12-28)8-4-7-25-20-18(23)22(30)19-15(21(20)29)13-24-14-26-19/h2-3,5-6,13-14,25H,4,7-12,23H2,1H3. The molecule has 1 saturated heterocycles. The van der Waals surface area contributed by atoms with E-state index in [9.17, 15) is 9.59 Å². The summed E-state index contributed by atoms with van der Waals surface area (Å²) in [6.45, 7) is 5.19. The normalized spacial score (nSPS) is 17.0. The van der Waals surface area contributed by atoms with Crippen LogP contribution in [0.1, 0.15) is 27.3 Å². The number of carbonyl (C=O) groups excluding carboxylic acids is 2. The van der Waals surface area contributed by atoms with Crippen molar-refractivity contribution in [3.63, 3.8) is 0 Å². The number of nitrogens with zero attached hydrogens (tertiary/aromatic N) is 4. The number of anilines is 1. The number of nitrogens with two attached hydrogens (primary N) is 1. The molecule has 0 bridgehead atoms. The van der Waals surface area contributed by atoms with Gasteiger partial charge in [0.15, 0.2) is 0 Å². The molecule has 1 aromatic heterocycles. The zero-order valence-electron chi connectivity index (χ0n) is 17.5. The van der Waals surface area contributed by atoms with E-state index in [-0.39, 0.29) is 28.4 Å². The SMILES string of the molecule is COc1ccccc1N1CCN(CCCNC2=C(N)C(=O)c3ncncc3C2=O)CC1. The topological polar surface area (TPSA) is 114 Å². The third kappa shape index (κ3) is 4.22. The maximum absolute atomic E-state index is 12.6. The van der Waals surface area contributed by atoms with Crippen LogP contribution < -0.4 is 20.7 Å². The van der Waals surface area contributed by atoms with Crippen LogP contribution in [0, 0.1) is 0 Å². The highest BCUT2D eigenvalue weighted by molar-refractivity contribution is 6.25. The molecule has 2 aliphatic rings. The van der Waals surface area contributed by atoms with E-state index in [2.05, 4.69) is 31.2 Å². The molecule has 0 radical (unpaired) electrons. The van der Waals surface area contributed by atoms with E-state index in [1.807, 2.05) is 18.2 Å². The van der Waals surface area contributed by atoms with Gasteiger partial charge < -0.3 is 20.7 Å². The molecule has 1 aliphatic heterocycles. The Kier molecular flexibility index (Phi) is 6.13. The maximum atomic E-state index is 12.6. The van der Waals surface area contributed by atoms with Crippen molar-refractivity contribution >= 4 is 17.3 Å². The third-order valence-electron chi connectivity index (χ3n) is 5.66. The Labute approximate surface area is 180 Å². The first-order valence-corrected chi connectivity index (χ1v) is 10.3. The number of ether oxygens (including phenoxy) is 1. The molecule has 0 amide bonds. The number of para-hydroxylation sites is 2. The predicted octanol–water partition coefficient (Wildman–Crippen LogP) is 0.836. The molecule has 1 aromatic carbocycles. The first kappa shape index (κ1) is 20.8. The van der Waals surface area contributed by atoms with Crippen LogP contribution >= 0.6 is 0 Å². The van der Waals surface area contributed by atoms with Crippen molar-refractivity contribution in [2.45, 2.75) is 6.42 Å². The Morgan fingerprint density at radius 1 is 1.13 bits per heavy atom. The van der Waals surface area contributed by atoms with Gasteiger partial charge in [0.2, 0.25) is 11.6 Å². The fraction of sp³-hybridized carbons (Fsp3) is 0.364. The number of benzene rings is 1. The quantitative estimate of drug-likeness (QED) is 0.627. The molecule has 31 heavy (non-hydrogen) atoms. The largest absolute Gasteiger partial charge is 0.495 e. The lowest BCUT2D eigenvalue weighted by molar-refractivity contribution is 0.0963. The molecular weight excluding hydrogens is 396 g/mol.